The number of phenols is 1. The van der Waals surface area contributed by atoms with E-state index in [2.05, 4.69) is 6.92 Å². The Labute approximate surface area is 228 Å². The summed E-state index contributed by atoms with van der Waals surface area (Å²) in [7, 11) is -2.76. The predicted octanol–water partition coefficient (Wildman–Crippen LogP) is 2.67. The van der Waals surface area contributed by atoms with E-state index in [4.69, 9.17) is 4.65 Å². The number of carbonyl (C=O) groups excluding carboxylic acids is 2. The first kappa shape index (κ1) is 27.4. The normalized spacial score (nSPS) is 25.2. The van der Waals surface area contributed by atoms with Crippen LogP contribution in [0.4, 0.5) is 5.69 Å². The van der Waals surface area contributed by atoms with Gasteiger partial charge in [-0.2, -0.15) is 0 Å². The van der Waals surface area contributed by atoms with Crippen molar-refractivity contribution in [3.05, 3.63) is 70.8 Å². The number of phenolic OH excluding ortho intramolecular Hbond substituents is 1. The number of imide groups is 1. The van der Waals surface area contributed by atoms with Gasteiger partial charge in [-0.05, 0) is 74.1 Å². The maximum atomic E-state index is 13.8. The van der Waals surface area contributed by atoms with E-state index < -0.39 is 26.1 Å². The molecule has 10 heteroatoms. The molecule has 3 aliphatic rings. The van der Waals surface area contributed by atoms with Gasteiger partial charge in [0.2, 0.25) is 11.8 Å². The Kier molecular flexibility index (Phi) is 7.82. The van der Waals surface area contributed by atoms with Crippen LogP contribution in [0.2, 0.25) is 6.32 Å². The molecule has 4 N–H and O–H groups in total. The van der Waals surface area contributed by atoms with Crippen LogP contribution in [0.5, 0.6) is 5.75 Å². The van der Waals surface area contributed by atoms with Gasteiger partial charge < -0.3 is 24.8 Å². The third-order valence-electron chi connectivity index (χ3n) is 8.36. The van der Waals surface area contributed by atoms with E-state index in [9.17, 15) is 29.8 Å². The summed E-state index contributed by atoms with van der Waals surface area (Å²) in [4.78, 5) is 28.4. The summed E-state index contributed by atoms with van der Waals surface area (Å²) >= 11 is 0. The number of carbonyl (C=O) groups is 2. The van der Waals surface area contributed by atoms with E-state index >= 15 is 0 Å². The third kappa shape index (κ3) is 5.22. The molecule has 2 aromatic rings. The van der Waals surface area contributed by atoms with Gasteiger partial charge in [-0.1, -0.05) is 54.5 Å². The van der Waals surface area contributed by atoms with Gasteiger partial charge in [-0.25, -0.2) is 0 Å². The minimum Gasteiger partial charge on any atom is -0.507 e. The highest BCUT2D eigenvalue weighted by Gasteiger charge is 2.57. The van der Waals surface area contributed by atoms with Gasteiger partial charge in [0, 0.05) is 5.56 Å². The molecular formula is C29H33B2NO7. The summed E-state index contributed by atoms with van der Waals surface area (Å²) in [6, 6.07) is 13.3. The van der Waals surface area contributed by atoms with Crippen LogP contribution in [-0.4, -0.2) is 52.3 Å². The Morgan fingerprint density at radius 3 is 2.62 bits per heavy atom. The first-order valence-corrected chi connectivity index (χ1v) is 13.5. The lowest BCUT2D eigenvalue weighted by atomic mass is 9.59. The average Bonchev–Trinajstić information content (AvgIpc) is 3.16. The maximum absolute atomic E-state index is 13.8. The van der Waals surface area contributed by atoms with E-state index in [0.29, 0.717) is 24.9 Å². The third-order valence-corrected chi connectivity index (χ3v) is 8.36. The topological polar surface area (TPSA) is 128 Å². The lowest BCUT2D eigenvalue weighted by Crippen LogP contribution is -2.46. The van der Waals surface area contributed by atoms with Crippen LogP contribution in [0.15, 0.2) is 65.3 Å². The van der Waals surface area contributed by atoms with Crippen molar-refractivity contribution in [3.63, 3.8) is 0 Å². The minimum absolute atomic E-state index is 0.197. The Morgan fingerprint density at radius 2 is 1.90 bits per heavy atom. The summed E-state index contributed by atoms with van der Waals surface area (Å²) in [5.41, 5.74) is 4.41. The number of hydrogen-bond donors (Lipinski definition) is 4. The Bertz CT molecular complexity index is 1340. The van der Waals surface area contributed by atoms with E-state index in [1.807, 2.05) is 25.1 Å². The number of fused-ring (bicyclic) bond motifs is 3. The first-order chi connectivity index (χ1) is 18.7. The number of hydrogen-bond acceptors (Lipinski definition) is 7. The number of benzene rings is 2. The second kappa shape index (κ2) is 11.1. The van der Waals surface area contributed by atoms with Gasteiger partial charge in [-0.3, -0.25) is 14.5 Å². The highest BCUT2D eigenvalue weighted by atomic mass is 16.5. The van der Waals surface area contributed by atoms with Crippen LogP contribution in [0, 0.1) is 17.8 Å². The zero-order chi connectivity index (χ0) is 27.8. The van der Waals surface area contributed by atoms with Crippen molar-refractivity contribution >= 4 is 43.3 Å². The number of para-hydroxylation sites is 1. The summed E-state index contributed by atoms with van der Waals surface area (Å²) < 4.78 is 6.01. The molecule has 0 unspecified atom stereocenters. The lowest BCUT2D eigenvalue weighted by molar-refractivity contribution is -0.122. The lowest BCUT2D eigenvalue weighted by Gasteiger charge is -2.42. The van der Waals surface area contributed by atoms with Crippen LogP contribution in [0.25, 0.3) is 6.08 Å². The number of nitrogens with zero attached hydrogens (tertiary/aromatic N) is 1. The standard InChI is InChI=1S/C29H33B2NO7/c1-3-18(14-19-7-4-5-10-24(19)33)11-12-25-26-17(2)13-22-27(23(26)16-30(36)39-25)29(35)32(28(22)34)21-9-6-8-20(15-21)31(37)38/h4-10,14-15,22-23,25,27,33,36-38H,3,11-13,16H2,1-2H3/b18-14+/t22-,23+,25-,27-/m1/s1. The molecule has 0 aromatic heterocycles. The van der Waals surface area contributed by atoms with Crippen LogP contribution in [-0.2, 0) is 14.2 Å². The highest BCUT2D eigenvalue weighted by molar-refractivity contribution is 6.58. The van der Waals surface area contributed by atoms with Crippen molar-refractivity contribution in [1.82, 2.24) is 0 Å². The molecule has 4 atom stereocenters. The molecule has 2 heterocycles. The number of rotatable bonds is 7. The van der Waals surface area contributed by atoms with Crippen LogP contribution in [0.1, 0.15) is 45.1 Å². The molecule has 5 rings (SSSR count). The molecule has 0 radical (unpaired) electrons. The first-order valence-electron chi connectivity index (χ1n) is 13.5. The zero-order valence-electron chi connectivity index (χ0n) is 22.2. The van der Waals surface area contributed by atoms with Crippen LogP contribution in [0.3, 0.4) is 0 Å². The molecule has 2 aromatic carbocycles. The van der Waals surface area contributed by atoms with Gasteiger partial charge in [-0.15, -0.1) is 0 Å². The van der Waals surface area contributed by atoms with Gasteiger partial charge in [0.1, 0.15) is 5.75 Å². The molecule has 8 nitrogen and oxygen atoms in total. The fourth-order valence-electron chi connectivity index (χ4n) is 6.50. The van der Waals surface area contributed by atoms with Gasteiger partial charge in [0.05, 0.1) is 23.6 Å². The second-order valence-electron chi connectivity index (χ2n) is 10.7. The number of anilines is 1. The molecule has 2 amide bonds. The number of allylic oxidation sites excluding steroid dienone is 2. The summed E-state index contributed by atoms with van der Waals surface area (Å²) in [5.74, 6) is -1.87. The molecule has 2 aliphatic heterocycles. The molecule has 1 aliphatic carbocycles. The fourth-order valence-corrected chi connectivity index (χ4v) is 6.50. The van der Waals surface area contributed by atoms with E-state index in [-0.39, 0.29) is 41.4 Å². The van der Waals surface area contributed by atoms with Crippen molar-refractivity contribution in [1.29, 1.82) is 0 Å². The van der Waals surface area contributed by atoms with Crippen molar-refractivity contribution in [3.8, 4) is 5.75 Å². The highest BCUT2D eigenvalue weighted by Crippen LogP contribution is 2.51. The van der Waals surface area contributed by atoms with E-state index in [0.717, 1.165) is 28.7 Å². The summed E-state index contributed by atoms with van der Waals surface area (Å²) in [5, 5.41) is 40.0. The predicted molar refractivity (Wildman–Crippen MR) is 150 cm³/mol. The molecule has 39 heavy (non-hydrogen) atoms. The quantitative estimate of drug-likeness (QED) is 0.247. The average molecular weight is 529 g/mol. The number of aromatic hydroxyl groups is 1. The second-order valence-corrected chi connectivity index (χ2v) is 10.7. The Hall–Kier alpha value is -3.17. The van der Waals surface area contributed by atoms with E-state index in [1.54, 1.807) is 24.3 Å². The molecule has 0 bridgehead atoms. The minimum atomic E-state index is -1.71. The van der Waals surface area contributed by atoms with Crippen LogP contribution < -0.4 is 10.4 Å². The molecule has 0 spiro atoms. The smallest absolute Gasteiger partial charge is 0.488 e. The molecule has 2 fully saturated rings. The zero-order valence-corrected chi connectivity index (χ0v) is 22.2. The van der Waals surface area contributed by atoms with Crippen molar-refractivity contribution in [2.45, 2.75) is 52.0 Å². The van der Waals surface area contributed by atoms with E-state index in [1.165, 1.54) is 17.0 Å². The largest absolute Gasteiger partial charge is 0.507 e. The molecule has 0 saturated carbocycles. The van der Waals surface area contributed by atoms with Gasteiger partial charge in [0.15, 0.2) is 0 Å². The van der Waals surface area contributed by atoms with Crippen LogP contribution >= 0.6 is 0 Å². The molecular weight excluding hydrogens is 496 g/mol. The fraction of sp³-hybridized carbons (Fsp3) is 0.379. The summed E-state index contributed by atoms with van der Waals surface area (Å²) in [6.45, 7) is 4.04. The maximum Gasteiger partial charge on any atom is 0.488 e. The van der Waals surface area contributed by atoms with Crippen molar-refractivity contribution in [2.75, 3.05) is 4.90 Å². The Morgan fingerprint density at radius 1 is 1.13 bits per heavy atom. The summed E-state index contributed by atoms with van der Waals surface area (Å²) in [6.07, 6.45) is 4.36. The Balaban J connectivity index is 1.40. The number of amides is 2. The van der Waals surface area contributed by atoms with Crippen molar-refractivity contribution in [2.24, 2.45) is 17.8 Å². The SMILES string of the molecule is CC/C(=C\c1ccccc1O)CC[C@H]1OB(O)C[C@H]2C1=C(C)C[C@H]1C(=O)N(c3cccc(B(O)O)c3)C(=O)[C@H]12. The van der Waals surface area contributed by atoms with Gasteiger partial charge in [0.25, 0.3) is 0 Å². The van der Waals surface area contributed by atoms with Gasteiger partial charge >= 0.3 is 14.2 Å². The monoisotopic (exact) mass is 529 g/mol. The molecule has 2 saturated heterocycles. The molecule has 202 valence electrons. The van der Waals surface area contributed by atoms with Crippen molar-refractivity contribution < 1.29 is 34.4 Å².